The summed E-state index contributed by atoms with van der Waals surface area (Å²) >= 11 is 0. The lowest BCUT2D eigenvalue weighted by Crippen LogP contribution is -2.30. The molecule has 0 heterocycles. The maximum Gasteiger partial charge on any atom is 0.306 e. The second-order valence-corrected chi connectivity index (χ2v) is 22.0. The van der Waals surface area contributed by atoms with E-state index in [-0.39, 0.29) is 31.1 Å². The Hall–Kier alpha value is -3.15. The molecule has 1 atom stereocenters. The van der Waals surface area contributed by atoms with Crippen LogP contribution < -0.4 is 0 Å². The highest BCUT2D eigenvalue weighted by Crippen LogP contribution is 2.17. The number of hydrogen-bond donors (Lipinski definition) is 0. The summed E-state index contributed by atoms with van der Waals surface area (Å²) in [7, 11) is 0. The summed E-state index contributed by atoms with van der Waals surface area (Å²) in [5, 5.41) is 0. The quantitative estimate of drug-likeness (QED) is 0.0261. The molecular formula is C70H124O6. The van der Waals surface area contributed by atoms with E-state index < -0.39 is 6.10 Å². The van der Waals surface area contributed by atoms with Crippen molar-refractivity contribution in [2.75, 3.05) is 13.2 Å². The molecule has 0 saturated carbocycles. The van der Waals surface area contributed by atoms with Crippen LogP contribution in [0.15, 0.2) is 72.9 Å². The maximum absolute atomic E-state index is 12.8. The van der Waals surface area contributed by atoms with Crippen LogP contribution in [0.1, 0.15) is 335 Å². The van der Waals surface area contributed by atoms with Crippen LogP contribution in [-0.4, -0.2) is 37.2 Å². The molecule has 6 nitrogen and oxygen atoms in total. The Morgan fingerprint density at radius 3 is 0.816 bits per heavy atom. The SMILES string of the molecule is CC/C=C\C/C=C\C/C=C\C/C=C\C/C=C\CCCCCCCCCCCCCCCCCC(=O)OCC(COC(=O)CCCCCCCC)OC(=O)CCCCCCCCCCC/C=C\CCCCCCCCCC. The molecule has 0 N–H and O–H groups in total. The van der Waals surface area contributed by atoms with Crippen molar-refractivity contribution in [3.63, 3.8) is 0 Å². The predicted molar refractivity (Wildman–Crippen MR) is 330 cm³/mol. The van der Waals surface area contributed by atoms with Gasteiger partial charge < -0.3 is 14.2 Å². The first-order valence-electron chi connectivity index (χ1n) is 32.9. The van der Waals surface area contributed by atoms with Crippen molar-refractivity contribution in [2.24, 2.45) is 0 Å². The van der Waals surface area contributed by atoms with Crippen LogP contribution in [0, 0.1) is 0 Å². The van der Waals surface area contributed by atoms with Crippen molar-refractivity contribution in [3.05, 3.63) is 72.9 Å². The molecule has 0 aromatic rings. The molecule has 0 aliphatic heterocycles. The first kappa shape index (κ1) is 72.8. The summed E-state index contributed by atoms with van der Waals surface area (Å²) in [6.07, 6.45) is 83.8. The molecule has 6 heteroatoms. The number of allylic oxidation sites excluding steroid dienone is 12. The van der Waals surface area contributed by atoms with Gasteiger partial charge in [0.15, 0.2) is 6.10 Å². The zero-order valence-corrected chi connectivity index (χ0v) is 50.5. The fourth-order valence-corrected chi connectivity index (χ4v) is 9.53. The number of carbonyl (C=O) groups is 3. The minimum atomic E-state index is -0.772. The Kier molecular flexibility index (Phi) is 61.7. The summed E-state index contributed by atoms with van der Waals surface area (Å²) in [5.41, 5.74) is 0. The van der Waals surface area contributed by atoms with Crippen LogP contribution >= 0.6 is 0 Å². The van der Waals surface area contributed by atoms with Crippen LogP contribution in [0.3, 0.4) is 0 Å². The molecule has 0 aliphatic rings. The van der Waals surface area contributed by atoms with Crippen molar-refractivity contribution >= 4 is 17.9 Å². The van der Waals surface area contributed by atoms with E-state index in [1.165, 1.54) is 205 Å². The topological polar surface area (TPSA) is 78.9 Å². The summed E-state index contributed by atoms with van der Waals surface area (Å²) in [6.45, 7) is 6.50. The fourth-order valence-electron chi connectivity index (χ4n) is 9.53. The summed E-state index contributed by atoms with van der Waals surface area (Å²) in [4.78, 5) is 38.0. The lowest BCUT2D eigenvalue weighted by Gasteiger charge is -2.18. The number of rotatable bonds is 60. The van der Waals surface area contributed by atoms with Gasteiger partial charge in [-0.05, 0) is 89.9 Å². The van der Waals surface area contributed by atoms with Gasteiger partial charge in [-0.15, -0.1) is 0 Å². The van der Waals surface area contributed by atoms with E-state index in [1.807, 2.05) is 0 Å². The highest BCUT2D eigenvalue weighted by atomic mass is 16.6. The van der Waals surface area contributed by atoms with E-state index in [0.717, 1.165) is 89.9 Å². The number of hydrogen-bond acceptors (Lipinski definition) is 6. The van der Waals surface area contributed by atoms with Gasteiger partial charge in [0, 0.05) is 19.3 Å². The molecule has 440 valence electrons. The van der Waals surface area contributed by atoms with Gasteiger partial charge in [-0.3, -0.25) is 14.4 Å². The van der Waals surface area contributed by atoms with E-state index >= 15 is 0 Å². The third-order valence-electron chi connectivity index (χ3n) is 14.4. The van der Waals surface area contributed by atoms with Crippen molar-refractivity contribution < 1.29 is 28.6 Å². The molecule has 0 spiro atoms. The van der Waals surface area contributed by atoms with E-state index in [9.17, 15) is 14.4 Å². The Balaban J connectivity index is 4.02. The van der Waals surface area contributed by atoms with Gasteiger partial charge in [0.25, 0.3) is 0 Å². The van der Waals surface area contributed by atoms with Gasteiger partial charge in [0.2, 0.25) is 0 Å². The highest BCUT2D eigenvalue weighted by molar-refractivity contribution is 5.71. The van der Waals surface area contributed by atoms with Crippen LogP contribution in [0.4, 0.5) is 0 Å². The van der Waals surface area contributed by atoms with Crippen molar-refractivity contribution in [2.45, 2.75) is 341 Å². The lowest BCUT2D eigenvalue weighted by molar-refractivity contribution is -0.167. The molecule has 76 heavy (non-hydrogen) atoms. The number of esters is 3. The van der Waals surface area contributed by atoms with Crippen LogP contribution in [0.2, 0.25) is 0 Å². The van der Waals surface area contributed by atoms with Gasteiger partial charge in [-0.2, -0.15) is 0 Å². The monoisotopic (exact) mass is 1060 g/mol. The van der Waals surface area contributed by atoms with E-state index in [2.05, 4.69) is 93.7 Å². The normalized spacial score (nSPS) is 12.5. The zero-order valence-electron chi connectivity index (χ0n) is 50.5. The van der Waals surface area contributed by atoms with Crippen molar-refractivity contribution in [1.29, 1.82) is 0 Å². The third-order valence-corrected chi connectivity index (χ3v) is 14.4. The average Bonchev–Trinajstić information content (AvgIpc) is 3.42. The van der Waals surface area contributed by atoms with Gasteiger partial charge in [0.1, 0.15) is 13.2 Å². The third kappa shape index (κ3) is 61.7. The molecule has 0 saturated heterocycles. The maximum atomic E-state index is 12.8. The summed E-state index contributed by atoms with van der Waals surface area (Å²) in [5.74, 6) is -0.869. The van der Waals surface area contributed by atoms with Gasteiger partial charge in [-0.25, -0.2) is 0 Å². The largest absolute Gasteiger partial charge is 0.462 e. The molecule has 1 unspecified atom stereocenters. The van der Waals surface area contributed by atoms with Crippen LogP contribution in [0.5, 0.6) is 0 Å². The number of carbonyl (C=O) groups excluding carboxylic acids is 3. The molecule has 0 aromatic heterocycles. The Labute approximate surface area is 472 Å². The van der Waals surface area contributed by atoms with E-state index in [1.54, 1.807) is 0 Å². The minimum Gasteiger partial charge on any atom is -0.462 e. The van der Waals surface area contributed by atoms with E-state index in [0.29, 0.717) is 19.3 Å². The lowest BCUT2D eigenvalue weighted by atomic mass is 10.0. The smallest absolute Gasteiger partial charge is 0.306 e. The Morgan fingerprint density at radius 1 is 0.276 bits per heavy atom. The van der Waals surface area contributed by atoms with E-state index in [4.69, 9.17) is 14.2 Å². The minimum absolute atomic E-state index is 0.0725. The van der Waals surface area contributed by atoms with Gasteiger partial charge in [-0.1, -0.05) is 299 Å². The molecular weight excluding hydrogens is 937 g/mol. The number of unbranched alkanes of at least 4 members (excludes halogenated alkanes) is 37. The molecule has 0 aliphatic carbocycles. The average molecular weight is 1060 g/mol. The standard InChI is InChI=1S/C70H124O6/c1-4-7-10-13-16-18-20-22-24-26-28-30-31-32-33-34-35-36-37-38-39-41-42-44-46-48-50-52-54-57-60-63-69(72)75-66-67(65-74-68(71)62-59-56-15-12-9-6-3)76-70(73)64-61-58-55-53-51-49-47-45-43-40-29-27-25-23-21-19-17-14-11-8-5-2/h7,10,16,18,22,24,27-30,32-33,67H,4-6,8-9,11-15,17,19-21,23,25-26,31,34-66H2,1-3H3/b10-7-,18-16-,24-22-,29-27-,30-28-,33-32-. The second-order valence-electron chi connectivity index (χ2n) is 22.0. The van der Waals surface area contributed by atoms with Crippen molar-refractivity contribution in [1.82, 2.24) is 0 Å². The zero-order chi connectivity index (χ0) is 55.0. The molecule has 0 aromatic carbocycles. The molecule has 0 rings (SSSR count). The first-order chi connectivity index (χ1) is 37.5. The Morgan fingerprint density at radius 2 is 0.513 bits per heavy atom. The van der Waals surface area contributed by atoms with Gasteiger partial charge in [0.05, 0.1) is 0 Å². The first-order valence-corrected chi connectivity index (χ1v) is 32.9. The number of ether oxygens (including phenoxy) is 3. The molecule has 0 bridgehead atoms. The molecule has 0 fully saturated rings. The predicted octanol–water partition coefficient (Wildman–Crippen LogP) is 22.5. The van der Waals surface area contributed by atoms with Crippen LogP contribution in [-0.2, 0) is 28.6 Å². The van der Waals surface area contributed by atoms with Crippen LogP contribution in [0.25, 0.3) is 0 Å². The molecule has 0 amide bonds. The van der Waals surface area contributed by atoms with Crippen molar-refractivity contribution in [3.8, 4) is 0 Å². The molecule has 0 radical (unpaired) electrons. The second kappa shape index (κ2) is 64.4. The summed E-state index contributed by atoms with van der Waals surface area (Å²) in [6, 6.07) is 0. The summed E-state index contributed by atoms with van der Waals surface area (Å²) < 4.78 is 16.8. The highest BCUT2D eigenvalue weighted by Gasteiger charge is 2.19. The van der Waals surface area contributed by atoms with Gasteiger partial charge >= 0.3 is 17.9 Å². The Bertz CT molecular complexity index is 1400. The fraction of sp³-hybridized carbons (Fsp3) is 0.786.